The summed E-state index contributed by atoms with van der Waals surface area (Å²) in [6.45, 7) is 2.78. The van der Waals surface area contributed by atoms with E-state index >= 15 is 0 Å². The second-order valence-electron chi connectivity index (χ2n) is 5.93. The predicted octanol–water partition coefficient (Wildman–Crippen LogP) is 5.08. The topological polar surface area (TPSA) is 80.6 Å². The van der Waals surface area contributed by atoms with E-state index in [0.717, 1.165) is 0 Å². The van der Waals surface area contributed by atoms with Gasteiger partial charge in [-0.3, -0.25) is 4.79 Å². The Labute approximate surface area is 175 Å². The molecule has 0 unspecified atom stereocenters. The van der Waals surface area contributed by atoms with Gasteiger partial charge in [-0.1, -0.05) is 17.7 Å². The van der Waals surface area contributed by atoms with E-state index in [1.54, 1.807) is 42.5 Å². The van der Waals surface area contributed by atoms with Crippen molar-refractivity contribution in [2.45, 2.75) is 19.8 Å². The van der Waals surface area contributed by atoms with E-state index < -0.39 is 0 Å². The molecule has 0 bridgehead atoms. The standard InChI is InChI=1S/C22H23ClN2O4/c1-3-28-22-19(23)13-16(14-20(22)27-2)9-10-21(26)25-17-7-6-8-18(15-17)29-12-5-4-11-24/h6-10,13-15H,3-5,12H2,1-2H3,(H,25,26)/b10-9+. The summed E-state index contributed by atoms with van der Waals surface area (Å²) in [5.74, 6) is 1.31. The smallest absolute Gasteiger partial charge is 0.248 e. The van der Waals surface area contributed by atoms with Crippen LogP contribution in [0, 0.1) is 11.3 Å². The van der Waals surface area contributed by atoms with Crippen LogP contribution >= 0.6 is 11.6 Å². The van der Waals surface area contributed by atoms with Gasteiger partial charge in [-0.05, 0) is 49.2 Å². The number of nitriles is 1. The van der Waals surface area contributed by atoms with Crippen LogP contribution in [0.3, 0.4) is 0 Å². The summed E-state index contributed by atoms with van der Waals surface area (Å²) in [5, 5.41) is 11.7. The van der Waals surface area contributed by atoms with E-state index in [4.69, 9.17) is 31.1 Å². The van der Waals surface area contributed by atoms with E-state index in [9.17, 15) is 4.79 Å². The largest absolute Gasteiger partial charge is 0.493 e. The van der Waals surface area contributed by atoms with Gasteiger partial charge in [0.15, 0.2) is 11.5 Å². The summed E-state index contributed by atoms with van der Waals surface area (Å²) < 4.78 is 16.4. The van der Waals surface area contributed by atoms with Crippen molar-refractivity contribution in [1.29, 1.82) is 5.26 Å². The molecule has 2 rings (SSSR count). The summed E-state index contributed by atoms with van der Waals surface area (Å²) in [6.07, 6.45) is 4.15. The summed E-state index contributed by atoms with van der Waals surface area (Å²) in [7, 11) is 1.53. The summed E-state index contributed by atoms with van der Waals surface area (Å²) in [4.78, 5) is 12.2. The van der Waals surface area contributed by atoms with Gasteiger partial charge in [0, 0.05) is 24.3 Å². The van der Waals surface area contributed by atoms with Gasteiger partial charge in [-0.2, -0.15) is 5.26 Å². The minimum atomic E-state index is -0.296. The number of nitrogens with zero attached hydrogens (tertiary/aromatic N) is 1. The first kappa shape index (κ1) is 22.1. The molecule has 6 nitrogen and oxygen atoms in total. The number of amides is 1. The number of rotatable bonds is 10. The fourth-order valence-corrected chi connectivity index (χ4v) is 2.75. The highest BCUT2D eigenvalue weighted by molar-refractivity contribution is 6.32. The third kappa shape index (κ3) is 7.05. The van der Waals surface area contributed by atoms with Crippen LogP contribution < -0.4 is 19.5 Å². The number of carbonyl (C=O) groups excluding carboxylic acids is 1. The molecule has 0 aromatic heterocycles. The molecule has 1 amide bonds. The zero-order valence-corrected chi connectivity index (χ0v) is 17.2. The number of benzene rings is 2. The van der Waals surface area contributed by atoms with Crippen LogP contribution in [0.2, 0.25) is 5.02 Å². The molecule has 0 saturated carbocycles. The molecule has 2 aromatic rings. The highest BCUT2D eigenvalue weighted by Gasteiger charge is 2.10. The van der Waals surface area contributed by atoms with Crippen LogP contribution in [-0.4, -0.2) is 26.2 Å². The number of hydrogen-bond acceptors (Lipinski definition) is 5. The Morgan fingerprint density at radius 2 is 2.10 bits per heavy atom. The molecule has 0 heterocycles. The lowest BCUT2D eigenvalue weighted by atomic mass is 10.2. The maximum atomic E-state index is 12.2. The average Bonchev–Trinajstić information content (AvgIpc) is 2.71. The molecule has 0 saturated heterocycles. The molecule has 0 fully saturated rings. The van der Waals surface area contributed by atoms with Crippen molar-refractivity contribution in [3.8, 4) is 23.3 Å². The van der Waals surface area contributed by atoms with Crippen molar-refractivity contribution in [1.82, 2.24) is 0 Å². The molecule has 1 N–H and O–H groups in total. The molecule has 29 heavy (non-hydrogen) atoms. The zero-order chi connectivity index (χ0) is 21.1. The fraction of sp³-hybridized carbons (Fsp3) is 0.273. The molecule has 0 spiro atoms. The lowest BCUT2D eigenvalue weighted by Crippen LogP contribution is -2.08. The summed E-state index contributed by atoms with van der Waals surface area (Å²) in [6, 6.07) is 12.6. The third-order valence-corrected chi connectivity index (χ3v) is 4.05. The molecule has 0 aliphatic heterocycles. The SMILES string of the molecule is CCOc1c(Cl)cc(/C=C/C(=O)Nc2cccc(OCCCC#N)c2)cc1OC. The lowest BCUT2D eigenvalue weighted by molar-refractivity contribution is -0.111. The van der Waals surface area contributed by atoms with Gasteiger partial charge in [0.2, 0.25) is 5.91 Å². The monoisotopic (exact) mass is 414 g/mol. The van der Waals surface area contributed by atoms with Crippen molar-refractivity contribution in [2.75, 3.05) is 25.6 Å². The number of ether oxygens (including phenoxy) is 3. The van der Waals surface area contributed by atoms with Crippen molar-refractivity contribution in [2.24, 2.45) is 0 Å². The molecule has 152 valence electrons. The Bertz CT molecular complexity index is 906. The number of nitrogens with one attached hydrogen (secondary N) is 1. The Morgan fingerprint density at radius 1 is 1.28 bits per heavy atom. The second-order valence-corrected chi connectivity index (χ2v) is 6.33. The quantitative estimate of drug-likeness (QED) is 0.433. The van der Waals surface area contributed by atoms with Crippen LogP contribution in [0.1, 0.15) is 25.3 Å². The molecule has 0 atom stereocenters. The normalized spacial score (nSPS) is 10.4. The average molecular weight is 415 g/mol. The van der Waals surface area contributed by atoms with E-state index in [-0.39, 0.29) is 5.91 Å². The van der Waals surface area contributed by atoms with Crippen molar-refractivity contribution in [3.63, 3.8) is 0 Å². The lowest BCUT2D eigenvalue weighted by Gasteiger charge is -2.12. The second kappa shape index (κ2) is 11.6. The molecule has 0 radical (unpaired) electrons. The third-order valence-electron chi connectivity index (χ3n) is 3.77. The number of carbonyl (C=O) groups is 1. The number of anilines is 1. The minimum absolute atomic E-state index is 0.296. The van der Waals surface area contributed by atoms with Crippen molar-refractivity contribution < 1.29 is 19.0 Å². The highest BCUT2D eigenvalue weighted by atomic mass is 35.5. The Kier molecular flexibility index (Phi) is 8.87. The molecule has 2 aromatic carbocycles. The van der Waals surface area contributed by atoms with Crippen molar-refractivity contribution in [3.05, 3.63) is 53.1 Å². The molecule has 7 heteroatoms. The molecular formula is C22H23ClN2O4. The number of halogens is 1. The summed E-state index contributed by atoms with van der Waals surface area (Å²) >= 11 is 6.24. The summed E-state index contributed by atoms with van der Waals surface area (Å²) in [5.41, 5.74) is 1.32. The Morgan fingerprint density at radius 3 is 2.83 bits per heavy atom. The van der Waals surface area contributed by atoms with E-state index in [1.165, 1.54) is 13.2 Å². The van der Waals surface area contributed by atoms with Crippen LogP contribution in [0.5, 0.6) is 17.2 Å². The number of methoxy groups -OCH3 is 1. The van der Waals surface area contributed by atoms with Gasteiger partial charge in [-0.25, -0.2) is 0 Å². The first-order valence-electron chi connectivity index (χ1n) is 9.16. The van der Waals surface area contributed by atoms with Gasteiger partial charge in [0.25, 0.3) is 0 Å². The van der Waals surface area contributed by atoms with Gasteiger partial charge < -0.3 is 19.5 Å². The van der Waals surface area contributed by atoms with Crippen LogP contribution in [0.15, 0.2) is 42.5 Å². The van der Waals surface area contributed by atoms with Gasteiger partial charge >= 0.3 is 0 Å². The van der Waals surface area contributed by atoms with Crippen LogP contribution in [0.4, 0.5) is 5.69 Å². The van der Waals surface area contributed by atoms with Gasteiger partial charge in [0.1, 0.15) is 5.75 Å². The molecule has 0 aliphatic carbocycles. The Hall–Kier alpha value is -3.17. The van der Waals surface area contributed by atoms with Gasteiger partial charge in [-0.15, -0.1) is 0 Å². The first-order chi connectivity index (χ1) is 14.1. The first-order valence-corrected chi connectivity index (χ1v) is 9.54. The fourth-order valence-electron chi connectivity index (χ4n) is 2.48. The molecular weight excluding hydrogens is 392 g/mol. The van der Waals surface area contributed by atoms with E-state index in [1.807, 2.05) is 6.92 Å². The van der Waals surface area contributed by atoms with Gasteiger partial charge in [0.05, 0.1) is 31.4 Å². The van der Waals surface area contributed by atoms with Crippen LogP contribution in [-0.2, 0) is 4.79 Å². The zero-order valence-electron chi connectivity index (χ0n) is 16.4. The highest BCUT2D eigenvalue weighted by Crippen LogP contribution is 2.36. The Balaban J connectivity index is 2.01. The maximum absolute atomic E-state index is 12.2. The van der Waals surface area contributed by atoms with Crippen LogP contribution in [0.25, 0.3) is 6.08 Å². The number of unbranched alkanes of at least 4 members (excludes halogenated alkanes) is 1. The van der Waals surface area contributed by atoms with Crippen molar-refractivity contribution >= 4 is 29.3 Å². The van der Waals surface area contributed by atoms with E-state index in [0.29, 0.717) is 59.6 Å². The van der Waals surface area contributed by atoms with E-state index in [2.05, 4.69) is 11.4 Å². The maximum Gasteiger partial charge on any atom is 0.248 e. The predicted molar refractivity (Wildman–Crippen MR) is 114 cm³/mol. The number of hydrogen-bond donors (Lipinski definition) is 1. The minimum Gasteiger partial charge on any atom is -0.493 e. The molecule has 0 aliphatic rings.